The minimum atomic E-state index is -0.436. The number of carbonyl (C=O) groups excluding carboxylic acids is 1. The summed E-state index contributed by atoms with van der Waals surface area (Å²) in [5.41, 5.74) is 1.98. The number of aromatic nitrogens is 4. The zero-order valence-electron chi connectivity index (χ0n) is 18.3. The van der Waals surface area contributed by atoms with Crippen LogP contribution in [0.15, 0.2) is 64.8 Å². The van der Waals surface area contributed by atoms with Crippen molar-refractivity contribution in [3.05, 3.63) is 75.8 Å². The normalized spacial score (nSPS) is 12.0. The number of benzene rings is 2. The number of nitrogens with zero attached hydrogens (tertiary/aromatic N) is 4. The number of thioether (sulfide) groups is 1. The van der Waals surface area contributed by atoms with E-state index in [1.165, 1.54) is 16.3 Å². The molecule has 0 saturated heterocycles. The molecule has 0 aliphatic carbocycles. The van der Waals surface area contributed by atoms with Crippen LogP contribution in [0, 0.1) is 6.92 Å². The second kappa shape index (κ2) is 9.68. The third-order valence-corrected chi connectivity index (χ3v) is 6.86. The van der Waals surface area contributed by atoms with Crippen molar-refractivity contribution in [2.24, 2.45) is 0 Å². The van der Waals surface area contributed by atoms with Gasteiger partial charge in [-0.05, 0) is 43.2 Å². The highest BCUT2D eigenvalue weighted by molar-refractivity contribution is 8.00. The molecule has 0 bridgehead atoms. The third kappa shape index (κ3) is 4.60. The Morgan fingerprint density at radius 2 is 2.00 bits per heavy atom. The highest BCUT2D eigenvalue weighted by Gasteiger charge is 2.22. The Labute approximate surface area is 199 Å². The van der Waals surface area contributed by atoms with E-state index in [0.717, 1.165) is 5.56 Å². The van der Waals surface area contributed by atoms with Gasteiger partial charge in [0.15, 0.2) is 5.16 Å². The Balaban J connectivity index is 1.60. The number of para-hydroxylation sites is 2. The van der Waals surface area contributed by atoms with E-state index in [-0.39, 0.29) is 17.1 Å². The second-order valence-electron chi connectivity index (χ2n) is 7.29. The zero-order valence-corrected chi connectivity index (χ0v) is 19.9. The summed E-state index contributed by atoms with van der Waals surface area (Å²) in [6.07, 6.45) is 3.90. The van der Waals surface area contributed by atoms with Gasteiger partial charge in [0.05, 0.1) is 18.0 Å². The molecule has 0 aliphatic rings. The molecule has 2 aromatic heterocycles. The molecule has 1 amide bonds. The molecule has 4 aromatic rings. The van der Waals surface area contributed by atoms with Crippen LogP contribution in [-0.4, -0.2) is 37.4 Å². The van der Waals surface area contributed by atoms with E-state index in [1.807, 2.05) is 38.1 Å². The molecule has 170 valence electrons. The molecule has 1 N–H and O–H groups in total. The van der Waals surface area contributed by atoms with E-state index in [2.05, 4.69) is 15.5 Å². The Morgan fingerprint density at radius 3 is 2.73 bits per heavy atom. The number of hydrogen-bond acceptors (Lipinski definition) is 6. The number of carbonyl (C=O) groups is 1. The number of halogens is 1. The van der Waals surface area contributed by atoms with E-state index in [1.54, 1.807) is 42.1 Å². The maximum atomic E-state index is 13.1. The summed E-state index contributed by atoms with van der Waals surface area (Å²) in [6, 6.07) is 12.6. The minimum absolute atomic E-state index is 0.159. The first kappa shape index (κ1) is 22.9. The van der Waals surface area contributed by atoms with Crippen LogP contribution in [-0.2, 0) is 4.79 Å². The van der Waals surface area contributed by atoms with Gasteiger partial charge in [-0.2, -0.15) is 0 Å². The van der Waals surface area contributed by atoms with Crippen molar-refractivity contribution < 1.29 is 9.53 Å². The first-order chi connectivity index (χ1) is 15.9. The van der Waals surface area contributed by atoms with E-state index < -0.39 is 5.25 Å². The van der Waals surface area contributed by atoms with Gasteiger partial charge in [-0.3, -0.25) is 18.6 Å². The molecule has 0 spiro atoms. The number of fused-ring (bicyclic) bond motifs is 1. The standard InChI is InChI=1S/C23H22ClN5O3S/c1-4-19(21(30)25-15-10-9-14(2)16(24)13-15)33-23-27-26-20-22(31)28(11-12-29(20)23)17-7-5-6-8-18(17)32-3/h5-13,19H,4H2,1-3H3,(H,25,30). The topological polar surface area (TPSA) is 90.5 Å². The lowest BCUT2D eigenvalue weighted by Crippen LogP contribution is -2.25. The molecule has 0 aliphatic heterocycles. The predicted molar refractivity (Wildman–Crippen MR) is 130 cm³/mol. The van der Waals surface area contributed by atoms with Crippen LogP contribution in [0.1, 0.15) is 18.9 Å². The van der Waals surface area contributed by atoms with Gasteiger partial charge in [0.25, 0.3) is 0 Å². The van der Waals surface area contributed by atoms with Crippen molar-refractivity contribution in [1.82, 2.24) is 19.2 Å². The van der Waals surface area contributed by atoms with E-state index in [9.17, 15) is 9.59 Å². The van der Waals surface area contributed by atoms with Crippen LogP contribution < -0.4 is 15.6 Å². The van der Waals surface area contributed by atoms with Crippen LogP contribution in [0.25, 0.3) is 11.3 Å². The maximum Gasteiger partial charge on any atom is 0.300 e. The van der Waals surface area contributed by atoms with Gasteiger partial charge in [-0.1, -0.05) is 48.5 Å². The third-order valence-electron chi connectivity index (χ3n) is 5.13. The van der Waals surface area contributed by atoms with Crippen molar-refractivity contribution in [3.63, 3.8) is 0 Å². The van der Waals surface area contributed by atoms with Crippen molar-refractivity contribution in [2.75, 3.05) is 12.4 Å². The number of rotatable bonds is 7. The fourth-order valence-electron chi connectivity index (χ4n) is 3.31. The molecule has 1 atom stereocenters. The highest BCUT2D eigenvalue weighted by Crippen LogP contribution is 2.27. The SMILES string of the molecule is CCC(Sc1nnc2c(=O)n(-c3ccccc3OC)ccn12)C(=O)Nc1ccc(C)c(Cl)c1. The molecule has 8 nitrogen and oxygen atoms in total. The quantitative estimate of drug-likeness (QED) is 0.393. The average molecular weight is 484 g/mol. The van der Waals surface area contributed by atoms with Gasteiger partial charge in [-0.25, -0.2) is 0 Å². The summed E-state index contributed by atoms with van der Waals surface area (Å²) in [5.74, 6) is 0.388. The highest BCUT2D eigenvalue weighted by atomic mass is 35.5. The number of amides is 1. The van der Waals surface area contributed by atoms with Crippen molar-refractivity contribution in [3.8, 4) is 11.4 Å². The smallest absolute Gasteiger partial charge is 0.300 e. The number of hydrogen-bond donors (Lipinski definition) is 1. The molecule has 0 fully saturated rings. The Morgan fingerprint density at radius 1 is 1.21 bits per heavy atom. The summed E-state index contributed by atoms with van der Waals surface area (Å²) in [4.78, 5) is 25.9. The minimum Gasteiger partial charge on any atom is -0.495 e. The van der Waals surface area contributed by atoms with Gasteiger partial charge in [-0.15, -0.1) is 10.2 Å². The average Bonchev–Trinajstić information content (AvgIpc) is 3.23. The first-order valence-electron chi connectivity index (χ1n) is 10.3. The summed E-state index contributed by atoms with van der Waals surface area (Å²) in [5, 5.41) is 11.7. The van der Waals surface area contributed by atoms with Crippen molar-refractivity contribution >= 4 is 40.6 Å². The molecule has 1 unspecified atom stereocenters. The number of methoxy groups -OCH3 is 1. The first-order valence-corrected chi connectivity index (χ1v) is 11.5. The zero-order chi connectivity index (χ0) is 23.5. The molecule has 2 aromatic carbocycles. The molecular formula is C23H22ClN5O3S. The summed E-state index contributed by atoms with van der Waals surface area (Å²) in [7, 11) is 1.55. The molecule has 4 rings (SSSR count). The van der Waals surface area contributed by atoms with E-state index >= 15 is 0 Å². The van der Waals surface area contributed by atoms with E-state index in [4.69, 9.17) is 16.3 Å². The maximum absolute atomic E-state index is 13.1. The van der Waals surface area contributed by atoms with E-state index in [0.29, 0.717) is 33.7 Å². The monoisotopic (exact) mass is 483 g/mol. The number of nitrogens with one attached hydrogen (secondary N) is 1. The number of anilines is 1. The van der Waals surface area contributed by atoms with Crippen molar-refractivity contribution in [2.45, 2.75) is 30.7 Å². The van der Waals surface area contributed by atoms with Gasteiger partial charge < -0.3 is 10.1 Å². The summed E-state index contributed by atoms with van der Waals surface area (Å²) >= 11 is 7.41. The lowest BCUT2D eigenvalue weighted by Gasteiger charge is -2.14. The molecule has 10 heteroatoms. The lowest BCUT2D eigenvalue weighted by atomic mass is 10.2. The summed E-state index contributed by atoms with van der Waals surface area (Å²) < 4.78 is 8.42. The molecular weight excluding hydrogens is 462 g/mol. The fourth-order valence-corrected chi connectivity index (χ4v) is 4.42. The fraction of sp³-hybridized carbons (Fsp3) is 0.217. The Hall–Kier alpha value is -3.30. The van der Waals surface area contributed by atoms with Crippen LogP contribution in [0.2, 0.25) is 5.02 Å². The molecule has 2 heterocycles. The lowest BCUT2D eigenvalue weighted by molar-refractivity contribution is -0.115. The number of ether oxygens (including phenoxy) is 1. The predicted octanol–water partition coefficient (Wildman–Crippen LogP) is 4.36. The van der Waals surface area contributed by atoms with Crippen LogP contribution >= 0.6 is 23.4 Å². The molecule has 33 heavy (non-hydrogen) atoms. The summed E-state index contributed by atoms with van der Waals surface area (Å²) in [6.45, 7) is 3.81. The largest absolute Gasteiger partial charge is 0.495 e. The van der Waals surface area contributed by atoms with Crippen molar-refractivity contribution in [1.29, 1.82) is 0 Å². The van der Waals surface area contributed by atoms with Gasteiger partial charge >= 0.3 is 5.56 Å². The molecule has 0 saturated carbocycles. The Kier molecular flexibility index (Phi) is 6.71. The number of aryl methyl sites for hydroxylation is 1. The second-order valence-corrected chi connectivity index (χ2v) is 8.87. The molecule has 0 radical (unpaired) electrons. The van der Waals surface area contributed by atoms with Crippen LogP contribution in [0.5, 0.6) is 5.75 Å². The Bertz CT molecular complexity index is 1380. The van der Waals surface area contributed by atoms with Gasteiger partial charge in [0.2, 0.25) is 11.6 Å². The van der Waals surface area contributed by atoms with Gasteiger partial charge in [0.1, 0.15) is 5.75 Å². The van der Waals surface area contributed by atoms with Crippen LogP contribution in [0.3, 0.4) is 0 Å². The van der Waals surface area contributed by atoms with Gasteiger partial charge in [0, 0.05) is 23.1 Å². The van der Waals surface area contributed by atoms with Crippen LogP contribution in [0.4, 0.5) is 5.69 Å².